The Morgan fingerprint density at radius 3 is 2.86 bits per heavy atom. The first kappa shape index (κ1) is 20.7. The highest BCUT2D eigenvalue weighted by atomic mass is 32.2. The third-order valence-electron chi connectivity index (χ3n) is 4.75. The molecule has 1 atom stereocenters. The van der Waals surface area contributed by atoms with E-state index < -0.39 is 5.97 Å². The van der Waals surface area contributed by atoms with Gasteiger partial charge in [-0.2, -0.15) is 0 Å². The van der Waals surface area contributed by atoms with Crippen LogP contribution < -0.4 is 5.32 Å². The van der Waals surface area contributed by atoms with Gasteiger partial charge in [-0.25, -0.2) is 9.78 Å². The number of anilines is 1. The van der Waals surface area contributed by atoms with Crippen LogP contribution in [0.15, 0.2) is 34.0 Å². The zero-order valence-electron chi connectivity index (χ0n) is 15.9. The van der Waals surface area contributed by atoms with Crippen molar-refractivity contribution in [3.63, 3.8) is 0 Å². The van der Waals surface area contributed by atoms with Crippen molar-refractivity contribution >= 4 is 40.7 Å². The van der Waals surface area contributed by atoms with Gasteiger partial charge in [-0.3, -0.25) is 4.79 Å². The fourth-order valence-corrected chi connectivity index (χ4v) is 5.09. The summed E-state index contributed by atoms with van der Waals surface area (Å²) in [4.78, 5) is 29.2. The summed E-state index contributed by atoms with van der Waals surface area (Å²) in [5, 5.41) is 13.9. The number of nitrogens with one attached hydrogen (secondary N) is 1. The number of aryl methyl sites for hydroxylation is 1. The van der Waals surface area contributed by atoms with Crippen molar-refractivity contribution in [3.05, 3.63) is 40.9 Å². The lowest BCUT2D eigenvalue weighted by atomic mass is 10.1. The number of hydrogen-bond acceptors (Lipinski definition) is 6. The Balaban J connectivity index is 1.47. The average Bonchev–Trinajstić information content (AvgIpc) is 3.29. The number of carbonyl (C=O) groups excluding carboxylic acids is 1. The van der Waals surface area contributed by atoms with E-state index in [1.807, 2.05) is 4.90 Å². The van der Waals surface area contributed by atoms with Gasteiger partial charge in [-0.15, -0.1) is 11.3 Å². The van der Waals surface area contributed by atoms with Crippen LogP contribution in [0.5, 0.6) is 0 Å². The van der Waals surface area contributed by atoms with E-state index in [0.29, 0.717) is 18.7 Å². The Hall–Kier alpha value is -2.06. The van der Waals surface area contributed by atoms with Gasteiger partial charge >= 0.3 is 5.97 Å². The largest absolute Gasteiger partial charge is 0.476 e. The number of aromatic nitrogens is 1. The van der Waals surface area contributed by atoms with Crippen LogP contribution in [0.2, 0.25) is 0 Å². The molecule has 1 amide bonds. The van der Waals surface area contributed by atoms with Crippen LogP contribution in [0.1, 0.15) is 42.2 Å². The highest BCUT2D eigenvalue weighted by Gasteiger charge is 2.30. The minimum absolute atomic E-state index is 0.0804. The van der Waals surface area contributed by atoms with Crippen LogP contribution in [-0.4, -0.2) is 51.8 Å². The van der Waals surface area contributed by atoms with Gasteiger partial charge in [0.2, 0.25) is 5.91 Å². The van der Waals surface area contributed by atoms with Crippen LogP contribution in [0, 0.1) is 0 Å². The van der Waals surface area contributed by atoms with E-state index in [4.69, 9.17) is 5.11 Å². The molecule has 0 bridgehead atoms. The van der Waals surface area contributed by atoms with Gasteiger partial charge in [0, 0.05) is 42.4 Å². The zero-order valence-corrected chi connectivity index (χ0v) is 17.5. The molecule has 28 heavy (non-hydrogen) atoms. The number of hydrogen-bond donors (Lipinski definition) is 2. The molecule has 2 aromatic rings. The predicted octanol–water partition coefficient (Wildman–Crippen LogP) is 3.99. The SMILES string of the molecule is CCCc1ccc(NC[C@H]2CCC(=O)N2CCSc2nc(C(=O)O)cs2)cc1. The van der Waals surface area contributed by atoms with E-state index in [-0.39, 0.29) is 17.6 Å². The van der Waals surface area contributed by atoms with Crippen LogP contribution in [-0.2, 0) is 11.2 Å². The molecule has 2 N–H and O–H groups in total. The Bertz CT molecular complexity index is 807. The van der Waals surface area contributed by atoms with Crippen LogP contribution in [0.3, 0.4) is 0 Å². The molecule has 3 rings (SSSR count). The molecule has 1 fully saturated rings. The van der Waals surface area contributed by atoms with Crippen molar-refractivity contribution < 1.29 is 14.7 Å². The number of rotatable bonds is 10. The van der Waals surface area contributed by atoms with Gasteiger partial charge in [0.15, 0.2) is 10.0 Å². The molecule has 0 radical (unpaired) electrons. The third-order valence-corrected chi connectivity index (χ3v) is 6.75. The smallest absolute Gasteiger partial charge is 0.355 e. The number of aromatic carboxylic acids is 1. The summed E-state index contributed by atoms with van der Waals surface area (Å²) < 4.78 is 0.728. The lowest BCUT2D eigenvalue weighted by molar-refractivity contribution is -0.128. The summed E-state index contributed by atoms with van der Waals surface area (Å²) in [6.45, 7) is 3.56. The number of nitrogens with zero attached hydrogens (tertiary/aromatic N) is 2. The van der Waals surface area contributed by atoms with Crippen molar-refractivity contribution in [2.24, 2.45) is 0 Å². The zero-order chi connectivity index (χ0) is 19.9. The van der Waals surface area contributed by atoms with E-state index in [1.54, 1.807) is 5.38 Å². The van der Waals surface area contributed by atoms with Crippen LogP contribution >= 0.6 is 23.1 Å². The molecule has 0 spiro atoms. The van der Waals surface area contributed by atoms with E-state index in [2.05, 4.69) is 41.5 Å². The fourth-order valence-electron chi connectivity index (χ4n) is 3.28. The maximum atomic E-state index is 12.2. The maximum absolute atomic E-state index is 12.2. The minimum Gasteiger partial charge on any atom is -0.476 e. The van der Waals surface area contributed by atoms with Gasteiger partial charge in [0.05, 0.1) is 0 Å². The summed E-state index contributed by atoms with van der Waals surface area (Å²) in [6, 6.07) is 8.70. The summed E-state index contributed by atoms with van der Waals surface area (Å²) in [5.74, 6) is -0.108. The summed E-state index contributed by atoms with van der Waals surface area (Å²) in [7, 11) is 0. The molecule has 1 aliphatic heterocycles. The monoisotopic (exact) mass is 419 g/mol. The van der Waals surface area contributed by atoms with Crippen molar-refractivity contribution in [3.8, 4) is 0 Å². The molecular formula is C20H25N3O3S2. The fraction of sp³-hybridized carbons (Fsp3) is 0.450. The number of carbonyl (C=O) groups is 2. The molecule has 1 aromatic carbocycles. The number of amides is 1. The maximum Gasteiger partial charge on any atom is 0.355 e. The molecule has 2 heterocycles. The number of thiazole rings is 1. The molecule has 1 aliphatic rings. The van der Waals surface area contributed by atoms with Gasteiger partial charge in [0.25, 0.3) is 0 Å². The van der Waals surface area contributed by atoms with Crippen molar-refractivity contribution in [1.29, 1.82) is 0 Å². The second kappa shape index (κ2) is 9.93. The van der Waals surface area contributed by atoms with Gasteiger partial charge in [0.1, 0.15) is 0 Å². The Labute approximate surface area is 173 Å². The molecule has 0 aliphatic carbocycles. The molecular weight excluding hydrogens is 394 g/mol. The van der Waals surface area contributed by atoms with Gasteiger partial charge in [-0.1, -0.05) is 37.2 Å². The van der Waals surface area contributed by atoms with Gasteiger partial charge in [-0.05, 0) is 30.5 Å². The highest BCUT2D eigenvalue weighted by molar-refractivity contribution is 8.01. The average molecular weight is 420 g/mol. The number of carboxylic acids is 1. The van der Waals surface area contributed by atoms with E-state index >= 15 is 0 Å². The summed E-state index contributed by atoms with van der Waals surface area (Å²) in [5.41, 5.74) is 2.50. The minimum atomic E-state index is -1.01. The second-order valence-corrected chi connectivity index (χ2v) is 8.96. The number of thioether (sulfide) groups is 1. The Kier molecular flexibility index (Phi) is 7.33. The van der Waals surface area contributed by atoms with Crippen LogP contribution in [0.25, 0.3) is 0 Å². The van der Waals surface area contributed by atoms with Crippen LogP contribution in [0.4, 0.5) is 5.69 Å². The summed E-state index contributed by atoms with van der Waals surface area (Å²) in [6.07, 6.45) is 3.69. The van der Waals surface area contributed by atoms with Crippen molar-refractivity contribution in [2.45, 2.75) is 43.0 Å². The first-order valence-corrected chi connectivity index (χ1v) is 11.4. The standard InChI is InChI=1S/C20H25N3O3S2/c1-2-3-14-4-6-15(7-5-14)21-12-16-8-9-18(24)23(16)10-11-27-20-22-17(13-28-20)19(25)26/h4-7,13,16,21H,2-3,8-12H2,1H3,(H,25,26)/t16-/m1/s1. The molecule has 0 saturated carbocycles. The predicted molar refractivity (Wildman–Crippen MR) is 113 cm³/mol. The molecule has 0 unspecified atom stereocenters. The first-order valence-electron chi connectivity index (χ1n) is 9.50. The molecule has 6 nitrogen and oxygen atoms in total. The van der Waals surface area contributed by atoms with E-state index in [9.17, 15) is 9.59 Å². The third kappa shape index (κ3) is 5.48. The molecule has 8 heteroatoms. The quantitative estimate of drug-likeness (QED) is 0.567. The summed E-state index contributed by atoms with van der Waals surface area (Å²) >= 11 is 2.83. The lowest BCUT2D eigenvalue weighted by Gasteiger charge is -2.25. The Morgan fingerprint density at radius 1 is 1.39 bits per heavy atom. The second-order valence-electron chi connectivity index (χ2n) is 6.76. The van der Waals surface area contributed by atoms with E-state index in [1.165, 1.54) is 28.7 Å². The number of carboxylic acid groups (broad SMARTS) is 1. The first-order chi connectivity index (χ1) is 13.6. The van der Waals surface area contributed by atoms with E-state index in [0.717, 1.165) is 35.8 Å². The van der Waals surface area contributed by atoms with Gasteiger partial charge < -0.3 is 15.3 Å². The topological polar surface area (TPSA) is 82.5 Å². The number of likely N-dealkylation sites (tertiary alicyclic amines) is 1. The van der Waals surface area contributed by atoms with Crippen molar-refractivity contribution in [1.82, 2.24) is 9.88 Å². The molecule has 150 valence electrons. The number of benzene rings is 1. The molecule has 1 saturated heterocycles. The highest BCUT2D eigenvalue weighted by Crippen LogP contribution is 2.25. The lowest BCUT2D eigenvalue weighted by Crippen LogP contribution is -2.39. The van der Waals surface area contributed by atoms with Crippen molar-refractivity contribution in [2.75, 3.05) is 24.2 Å². The normalized spacial score (nSPS) is 16.5. The molecule has 1 aromatic heterocycles. The Morgan fingerprint density at radius 2 is 2.18 bits per heavy atom.